The van der Waals surface area contributed by atoms with Gasteiger partial charge in [-0.05, 0) is 56.2 Å². The van der Waals surface area contributed by atoms with E-state index in [0.29, 0.717) is 5.41 Å². The molecule has 1 aliphatic rings. The van der Waals surface area contributed by atoms with Crippen LogP contribution in [0.2, 0.25) is 0 Å². The lowest BCUT2D eigenvalue weighted by Crippen LogP contribution is -2.45. The molecule has 2 nitrogen and oxygen atoms in total. The highest BCUT2D eigenvalue weighted by Crippen LogP contribution is 2.34. The predicted molar refractivity (Wildman–Crippen MR) is 93.3 cm³/mol. The van der Waals surface area contributed by atoms with Crippen molar-refractivity contribution in [1.29, 1.82) is 0 Å². The molecule has 2 rings (SSSR count). The maximum atomic E-state index is 3.59. The highest BCUT2D eigenvalue weighted by molar-refractivity contribution is 5.56. The Morgan fingerprint density at radius 2 is 1.95 bits per heavy atom. The fraction of sp³-hybridized carbons (Fsp3) is 0.684. The molecular formula is C19H32N2. The lowest BCUT2D eigenvalue weighted by Gasteiger charge is -2.41. The Balaban J connectivity index is 2.18. The summed E-state index contributed by atoms with van der Waals surface area (Å²) < 4.78 is 0. The number of aryl methyl sites for hydroxylation is 2. The standard InChI is InChI=1S/C19H32N2/c1-5-19(6-2,14-20-7-3)15-21-12-8-9-17-13-16(4)10-11-18(17)21/h10-11,13,20H,5-9,12,14-15H2,1-4H3. The second-order valence-electron chi connectivity index (χ2n) is 6.64. The number of hydrogen-bond acceptors (Lipinski definition) is 2. The summed E-state index contributed by atoms with van der Waals surface area (Å²) in [5.74, 6) is 0. The van der Waals surface area contributed by atoms with Gasteiger partial charge in [0.2, 0.25) is 0 Å². The SMILES string of the molecule is CCNCC(CC)(CC)CN1CCCc2cc(C)ccc21. The number of hydrogen-bond donors (Lipinski definition) is 1. The van der Waals surface area contributed by atoms with Gasteiger partial charge in [0.25, 0.3) is 0 Å². The molecule has 0 saturated carbocycles. The van der Waals surface area contributed by atoms with Gasteiger partial charge >= 0.3 is 0 Å². The van der Waals surface area contributed by atoms with Gasteiger partial charge in [-0.3, -0.25) is 0 Å². The van der Waals surface area contributed by atoms with Crippen molar-refractivity contribution in [2.45, 2.75) is 53.4 Å². The molecule has 0 aromatic heterocycles. The molecule has 0 spiro atoms. The molecule has 0 radical (unpaired) electrons. The van der Waals surface area contributed by atoms with E-state index in [1.807, 2.05) is 0 Å². The maximum Gasteiger partial charge on any atom is 0.0399 e. The first kappa shape index (κ1) is 16.4. The van der Waals surface area contributed by atoms with Gasteiger partial charge in [0, 0.05) is 25.3 Å². The Morgan fingerprint density at radius 1 is 1.19 bits per heavy atom. The molecular weight excluding hydrogens is 256 g/mol. The molecule has 1 aliphatic heterocycles. The molecule has 1 N–H and O–H groups in total. The van der Waals surface area contributed by atoms with Crippen molar-refractivity contribution in [2.24, 2.45) is 5.41 Å². The van der Waals surface area contributed by atoms with E-state index in [4.69, 9.17) is 0 Å². The van der Waals surface area contributed by atoms with Gasteiger partial charge in [0.05, 0.1) is 0 Å². The monoisotopic (exact) mass is 288 g/mol. The Bertz CT molecular complexity index is 449. The number of nitrogens with one attached hydrogen (secondary N) is 1. The Hall–Kier alpha value is -1.02. The van der Waals surface area contributed by atoms with Crippen molar-refractivity contribution >= 4 is 5.69 Å². The third-order valence-electron chi connectivity index (χ3n) is 5.23. The van der Waals surface area contributed by atoms with Crippen LogP contribution in [0.3, 0.4) is 0 Å². The molecule has 1 aromatic carbocycles. The minimum atomic E-state index is 0.398. The minimum absolute atomic E-state index is 0.398. The van der Waals surface area contributed by atoms with Crippen molar-refractivity contribution in [1.82, 2.24) is 5.32 Å². The van der Waals surface area contributed by atoms with E-state index in [1.54, 1.807) is 5.56 Å². The van der Waals surface area contributed by atoms with Gasteiger partial charge in [-0.2, -0.15) is 0 Å². The maximum absolute atomic E-state index is 3.59. The number of anilines is 1. The summed E-state index contributed by atoms with van der Waals surface area (Å²) in [4.78, 5) is 2.64. The molecule has 21 heavy (non-hydrogen) atoms. The molecule has 0 saturated heterocycles. The molecule has 0 bridgehead atoms. The van der Waals surface area contributed by atoms with E-state index >= 15 is 0 Å². The number of nitrogens with zero attached hydrogens (tertiary/aromatic N) is 1. The highest BCUT2D eigenvalue weighted by Gasteiger charge is 2.30. The van der Waals surface area contributed by atoms with Gasteiger partial charge < -0.3 is 10.2 Å². The zero-order chi connectivity index (χ0) is 15.3. The van der Waals surface area contributed by atoms with Gasteiger partial charge in [0.15, 0.2) is 0 Å². The fourth-order valence-electron chi connectivity index (χ4n) is 3.54. The topological polar surface area (TPSA) is 15.3 Å². The smallest absolute Gasteiger partial charge is 0.0399 e. The van der Waals surface area contributed by atoms with Crippen molar-refractivity contribution in [3.8, 4) is 0 Å². The molecule has 1 aromatic rings. The fourth-order valence-corrected chi connectivity index (χ4v) is 3.54. The summed E-state index contributed by atoms with van der Waals surface area (Å²) in [5.41, 5.74) is 4.82. The first-order valence-electron chi connectivity index (χ1n) is 8.69. The molecule has 0 atom stereocenters. The predicted octanol–water partition coefficient (Wildman–Crippen LogP) is 4.16. The third-order valence-corrected chi connectivity index (χ3v) is 5.23. The number of rotatable bonds is 7. The molecule has 2 heteroatoms. The molecule has 0 unspecified atom stereocenters. The van der Waals surface area contributed by atoms with Gasteiger partial charge in [0.1, 0.15) is 0 Å². The first-order chi connectivity index (χ1) is 10.1. The largest absolute Gasteiger partial charge is 0.371 e. The van der Waals surface area contributed by atoms with Gasteiger partial charge in [-0.25, -0.2) is 0 Å². The summed E-state index contributed by atoms with van der Waals surface area (Å²) in [6.45, 7) is 13.7. The third kappa shape index (κ3) is 3.79. The van der Waals surface area contributed by atoms with Crippen molar-refractivity contribution < 1.29 is 0 Å². The average molecular weight is 288 g/mol. The van der Waals surface area contributed by atoms with E-state index in [-0.39, 0.29) is 0 Å². The molecule has 0 amide bonds. The van der Waals surface area contributed by atoms with Crippen LogP contribution in [-0.4, -0.2) is 26.2 Å². The minimum Gasteiger partial charge on any atom is -0.371 e. The van der Waals surface area contributed by atoms with Gasteiger partial charge in [-0.1, -0.05) is 38.5 Å². The quantitative estimate of drug-likeness (QED) is 0.810. The summed E-state index contributed by atoms with van der Waals surface area (Å²) in [6, 6.07) is 6.99. The molecule has 0 fully saturated rings. The summed E-state index contributed by atoms with van der Waals surface area (Å²) in [5, 5.41) is 3.59. The first-order valence-corrected chi connectivity index (χ1v) is 8.69. The van der Waals surface area contributed by atoms with Crippen molar-refractivity contribution in [3.63, 3.8) is 0 Å². The van der Waals surface area contributed by atoms with Crippen molar-refractivity contribution in [3.05, 3.63) is 29.3 Å². The number of fused-ring (bicyclic) bond motifs is 1. The van der Waals surface area contributed by atoms with Crippen LogP contribution in [0, 0.1) is 12.3 Å². The van der Waals surface area contributed by atoms with Crippen molar-refractivity contribution in [2.75, 3.05) is 31.1 Å². The van der Waals surface area contributed by atoms with Crippen LogP contribution in [-0.2, 0) is 6.42 Å². The van der Waals surface area contributed by atoms with Crippen LogP contribution < -0.4 is 10.2 Å². The summed E-state index contributed by atoms with van der Waals surface area (Å²) in [7, 11) is 0. The van der Waals surface area contributed by atoms with Crippen LogP contribution in [0.25, 0.3) is 0 Å². The molecule has 118 valence electrons. The van der Waals surface area contributed by atoms with Crippen LogP contribution in [0.15, 0.2) is 18.2 Å². The van der Waals surface area contributed by atoms with E-state index in [0.717, 1.165) is 13.1 Å². The Kier molecular flexibility index (Phi) is 5.69. The van der Waals surface area contributed by atoms with E-state index in [1.165, 1.54) is 50.0 Å². The second-order valence-corrected chi connectivity index (χ2v) is 6.64. The summed E-state index contributed by atoms with van der Waals surface area (Å²) >= 11 is 0. The van der Waals surface area contributed by atoms with E-state index in [2.05, 4.69) is 56.1 Å². The lowest BCUT2D eigenvalue weighted by molar-refractivity contribution is 0.253. The van der Waals surface area contributed by atoms with E-state index < -0.39 is 0 Å². The van der Waals surface area contributed by atoms with Crippen LogP contribution in [0.4, 0.5) is 5.69 Å². The second kappa shape index (κ2) is 7.31. The summed E-state index contributed by atoms with van der Waals surface area (Å²) in [6.07, 6.45) is 5.02. The van der Waals surface area contributed by atoms with E-state index in [9.17, 15) is 0 Å². The lowest BCUT2D eigenvalue weighted by atomic mass is 9.81. The number of benzene rings is 1. The normalized spacial score (nSPS) is 15.1. The Morgan fingerprint density at radius 3 is 2.62 bits per heavy atom. The average Bonchev–Trinajstić information content (AvgIpc) is 2.51. The molecule has 0 aliphatic carbocycles. The Labute approximate surface area is 130 Å². The van der Waals surface area contributed by atoms with Crippen LogP contribution in [0.1, 0.15) is 51.2 Å². The van der Waals surface area contributed by atoms with Crippen LogP contribution in [0.5, 0.6) is 0 Å². The highest BCUT2D eigenvalue weighted by atomic mass is 15.1. The van der Waals surface area contributed by atoms with Gasteiger partial charge in [-0.15, -0.1) is 0 Å². The molecule has 1 heterocycles. The van der Waals surface area contributed by atoms with Crippen LogP contribution >= 0.6 is 0 Å². The zero-order valence-corrected chi connectivity index (χ0v) is 14.3. The zero-order valence-electron chi connectivity index (χ0n) is 14.3.